The Labute approximate surface area is 107 Å². The van der Waals surface area contributed by atoms with E-state index in [1.807, 2.05) is 6.07 Å². The summed E-state index contributed by atoms with van der Waals surface area (Å²) in [7, 11) is 1.57. The molecule has 0 atom stereocenters. The summed E-state index contributed by atoms with van der Waals surface area (Å²) in [5, 5.41) is 2.48. The van der Waals surface area contributed by atoms with Gasteiger partial charge in [0.1, 0.15) is 5.75 Å². The fourth-order valence-corrected chi connectivity index (χ4v) is 1.96. The average Bonchev–Trinajstić information content (AvgIpc) is 2.63. The second-order valence-corrected chi connectivity index (χ2v) is 4.45. The van der Waals surface area contributed by atoms with Crippen molar-refractivity contribution in [3.63, 3.8) is 0 Å². The van der Waals surface area contributed by atoms with Crippen LogP contribution in [-0.4, -0.2) is 30.5 Å². The van der Waals surface area contributed by atoms with E-state index < -0.39 is 0 Å². The SMILES string of the molecule is COc1ccc(Br)c(CN2C(=O)CNC2=O)c1. The predicted octanol–water partition coefficient (Wildman–Crippen LogP) is 1.51. The molecular weight excluding hydrogens is 288 g/mol. The van der Waals surface area contributed by atoms with Crippen LogP contribution < -0.4 is 10.1 Å². The molecule has 0 bridgehead atoms. The van der Waals surface area contributed by atoms with Crippen molar-refractivity contribution in [3.05, 3.63) is 28.2 Å². The van der Waals surface area contributed by atoms with Crippen LogP contribution in [0, 0.1) is 0 Å². The first-order valence-electron chi connectivity index (χ1n) is 5.02. The highest BCUT2D eigenvalue weighted by Crippen LogP contribution is 2.24. The minimum Gasteiger partial charge on any atom is -0.497 e. The molecule has 1 saturated heterocycles. The van der Waals surface area contributed by atoms with Gasteiger partial charge in [-0.15, -0.1) is 0 Å². The second kappa shape index (κ2) is 4.75. The molecule has 0 aliphatic carbocycles. The van der Waals surface area contributed by atoms with Crippen molar-refractivity contribution in [1.29, 1.82) is 0 Å². The van der Waals surface area contributed by atoms with Crippen molar-refractivity contribution in [2.75, 3.05) is 13.7 Å². The quantitative estimate of drug-likeness (QED) is 0.861. The number of imide groups is 1. The van der Waals surface area contributed by atoms with Gasteiger partial charge in [0, 0.05) is 4.47 Å². The summed E-state index contributed by atoms with van der Waals surface area (Å²) in [4.78, 5) is 24.0. The molecule has 1 aliphatic rings. The Morgan fingerprint density at radius 2 is 2.24 bits per heavy atom. The lowest BCUT2D eigenvalue weighted by molar-refractivity contribution is -0.125. The van der Waals surface area contributed by atoms with Crippen molar-refractivity contribution < 1.29 is 14.3 Å². The zero-order chi connectivity index (χ0) is 12.4. The minimum absolute atomic E-state index is 0.0699. The van der Waals surface area contributed by atoms with Crippen LogP contribution in [0.2, 0.25) is 0 Å². The molecule has 1 aromatic rings. The van der Waals surface area contributed by atoms with Gasteiger partial charge in [-0.05, 0) is 23.8 Å². The van der Waals surface area contributed by atoms with Crippen molar-refractivity contribution in [2.24, 2.45) is 0 Å². The molecule has 17 heavy (non-hydrogen) atoms. The van der Waals surface area contributed by atoms with E-state index in [-0.39, 0.29) is 25.0 Å². The van der Waals surface area contributed by atoms with Crippen LogP contribution in [0.4, 0.5) is 4.79 Å². The van der Waals surface area contributed by atoms with Crippen molar-refractivity contribution in [3.8, 4) is 5.75 Å². The Balaban J connectivity index is 2.23. The molecule has 1 aliphatic heterocycles. The van der Waals surface area contributed by atoms with Gasteiger partial charge in [-0.1, -0.05) is 15.9 Å². The second-order valence-electron chi connectivity index (χ2n) is 3.60. The molecular formula is C11H11BrN2O3. The molecule has 3 amide bonds. The predicted molar refractivity (Wildman–Crippen MR) is 64.6 cm³/mol. The van der Waals surface area contributed by atoms with Crippen molar-refractivity contribution in [1.82, 2.24) is 10.2 Å². The number of hydrogen-bond acceptors (Lipinski definition) is 3. The van der Waals surface area contributed by atoms with Crippen LogP contribution in [0.5, 0.6) is 5.75 Å². The maximum atomic E-state index is 11.5. The van der Waals surface area contributed by atoms with E-state index in [4.69, 9.17) is 4.74 Å². The summed E-state index contributed by atoms with van der Waals surface area (Å²) >= 11 is 3.38. The topological polar surface area (TPSA) is 58.6 Å². The van der Waals surface area contributed by atoms with E-state index in [1.54, 1.807) is 19.2 Å². The van der Waals surface area contributed by atoms with Gasteiger partial charge in [0.2, 0.25) is 5.91 Å². The molecule has 5 nitrogen and oxygen atoms in total. The number of methoxy groups -OCH3 is 1. The molecule has 0 spiro atoms. The number of halogens is 1. The van der Waals surface area contributed by atoms with Crippen LogP contribution in [0.3, 0.4) is 0 Å². The molecule has 1 heterocycles. The number of urea groups is 1. The van der Waals surface area contributed by atoms with E-state index in [0.29, 0.717) is 5.75 Å². The highest BCUT2D eigenvalue weighted by Gasteiger charge is 2.28. The summed E-state index contributed by atoms with van der Waals surface area (Å²) in [5.41, 5.74) is 0.828. The maximum Gasteiger partial charge on any atom is 0.324 e. The lowest BCUT2D eigenvalue weighted by atomic mass is 10.2. The van der Waals surface area contributed by atoms with Crippen LogP contribution in [0.15, 0.2) is 22.7 Å². The molecule has 2 rings (SSSR count). The van der Waals surface area contributed by atoms with Crippen molar-refractivity contribution >= 4 is 27.9 Å². The third kappa shape index (κ3) is 2.41. The molecule has 0 saturated carbocycles. The Morgan fingerprint density at radius 3 is 2.82 bits per heavy atom. The van der Waals surface area contributed by atoms with Gasteiger partial charge in [-0.3, -0.25) is 9.69 Å². The van der Waals surface area contributed by atoms with E-state index in [9.17, 15) is 9.59 Å². The van der Waals surface area contributed by atoms with Gasteiger partial charge >= 0.3 is 6.03 Å². The standard InChI is InChI=1S/C11H11BrN2O3/c1-17-8-2-3-9(12)7(4-8)6-14-10(15)5-13-11(14)16/h2-4H,5-6H2,1H3,(H,13,16). The van der Waals surface area contributed by atoms with Gasteiger partial charge in [0.15, 0.2) is 0 Å². The summed E-state index contributed by atoms with van der Waals surface area (Å²) < 4.78 is 5.94. The molecule has 1 N–H and O–H groups in total. The van der Waals surface area contributed by atoms with Crippen LogP contribution in [-0.2, 0) is 11.3 Å². The largest absolute Gasteiger partial charge is 0.497 e. The molecule has 0 unspecified atom stereocenters. The number of nitrogens with one attached hydrogen (secondary N) is 1. The lowest BCUT2D eigenvalue weighted by Gasteiger charge is -2.14. The van der Waals surface area contributed by atoms with E-state index in [2.05, 4.69) is 21.2 Å². The Hall–Kier alpha value is -1.56. The highest BCUT2D eigenvalue weighted by atomic mass is 79.9. The number of amides is 3. The Morgan fingerprint density at radius 1 is 1.47 bits per heavy atom. The number of carbonyl (C=O) groups excluding carboxylic acids is 2. The van der Waals surface area contributed by atoms with Gasteiger partial charge in [0.25, 0.3) is 0 Å². The third-order valence-electron chi connectivity index (χ3n) is 2.52. The van der Waals surface area contributed by atoms with Gasteiger partial charge in [-0.25, -0.2) is 4.79 Å². The third-order valence-corrected chi connectivity index (χ3v) is 3.29. The molecule has 0 radical (unpaired) electrons. The number of hydrogen-bond donors (Lipinski definition) is 1. The first kappa shape index (κ1) is 11.9. The van der Waals surface area contributed by atoms with Gasteiger partial charge < -0.3 is 10.1 Å². The molecule has 90 valence electrons. The number of ether oxygens (including phenoxy) is 1. The fraction of sp³-hybridized carbons (Fsp3) is 0.273. The smallest absolute Gasteiger partial charge is 0.324 e. The number of rotatable bonds is 3. The van der Waals surface area contributed by atoms with E-state index in [1.165, 1.54) is 4.90 Å². The summed E-state index contributed by atoms with van der Waals surface area (Å²) in [5.74, 6) is 0.472. The number of benzene rings is 1. The highest BCUT2D eigenvalue weighted by molar-refractivity contribution is 9.10. The van der Waals surface area contributed by atoms with Crippen molar-refractivity contribution in [2.45, 2.75) is 6.54 Å². The van der Waals surface area contributed by atoms with Crippen LogP contribution in [0.1, 0.15) is 5.56 Å². The zero-order valence-corrected chi connectivity index (χ0v) is 10.8. The van der Waals surface area contributed by atoms with Crippen LogP contribution >= 0.6 is 15.9 Å². The minimum atomic E-state index is -0.357. The first-order valence-corrected chi connectivity index (χ1v) is 5.81. The maximum absolute atomic E-state index is 11.5. The zero-order valence-electron chi connectivity index (χ0n) is 9.20. The summed E-state index contributed by atoms with van der Waals surface area (Å²) in [6.07, 6.45) is 0. The first-order chi connectivity index (χ1) is 8.11. The number of nitrogens with zero attached hydrogens (tertiary/aromatic N) is 1. The van der Waals surface area contributed by atoms with E-state index >= 15 is 0 Å². The fourth-order valence-electron chi connectivity index (χ4n) is 1.58. The number of carbonyl (C=O) groups is 2. The Kier molecular flexibility index (Phi) is 3.33. The molecule has 1 fully saturated rings. The van der Waals surface area contributed by atoms with Gasteiger partial charge in [-0.2, -0.15) is 0 Å². The van der Waals surface area contributed by atoms with Gasteiger partial charge in [0.05, 0.1) is 20.2 Å². The molecule has 6 heteroatoms. The molecule has 0 aromatic heterocycles. The lowest BCUT2D eigenvalue weighted by Crippen LogP contribution is -2.30. The summed E-state index contributed by atoms with van der Waals surface area (Å²) in [6, 6.07) is 5.07. The normalized spacial score (nSPS) is 15.1. The van der Waals surface area contributed by atoms with E-state index in [0.717, 1.165) is 10.0 Å². The monoisotopic (exact) mass is 298 g/mol. The Bertz CT molecular complexity index is 460. The molecule has 1 aromatic carbocycles. The van der Waals surface area contributed by atoms with Crippen LogP contribution in [0.25, 0.3) is 0 Å². The summed E-state index contributed by atoms with van der Waals surface area (Å²) in [6.45, 7) is 0.308. The average molecular weight is 299 g/mol.